The van der Waals surface area contributed by atoms with Crippen molar-refractivity contribution in [3.05, 3.63) is 23.8 Å². The third-order valence-corrected chi connectivity index (χ3v) is 6.12. The van der Waals surface area contributed by atoms with E-state index in [0.717, 1.165) is 5.57 Å². The second-order valence-electron chi connectivity index (χ2n) is 8.53. The molecule has 0 aromatic heterocycles. The lowest BCUT2D eigenvalue weighted by atomic mass is 9.66. The van der Waals surface area contributed by atoms with Gasteiger partial charge in [0, 0.05) is 16.5 Å². The van der Waals surface area contributed by atoms with Crippen LogP contribution in [0.3, 0.4) is 0 Å². The maximum absolute atomic E-state index is 12.7. The first-order valence-electron chi connectivity index (χ1n) is 12.2. The lowest BCUT2D eigenvalue weighted by molar-refractivity contribution is -0.159. The molecular weight excluding hydrogens is 388 g/mol. The number of ether oxygens (including phenoxy) is 1. The molecular formula is C23H36O7. The molecule has 8 atom stereocenters. The molecule has 7 heteroatoms. The van der Waals surface area contributed by atoms with Gasteiger partial charge in [-0.25, -0.2) is 0 Å². The Morgan fingerprint density at radius 3 is 2.70 bits per heavy atom. The summed E-state index contributed by atoms with van der Waals surface area (Å²) in [5.41, 5.74) is 0.817. The second kappa shape index (κ2) is 11.1. The first kappa shape index (κ1) is 20.2. The Labute approximate surface area is 182 Å². The van der Waals surface area contributed by atoms with Crippen molar-refractivity contribution in [3.63, 3.8) is 0 Å². The summed E-state index contributed by atoms with van der Waals surface area (Å²) in [5, 5.41) is 39.2. The molecule has 4 N–H and O–H groups in total. The van der Waals surface area contributed by atoms with E-state index in [1.165, 1.54) is 0 Å². The van der Waals surface area contributed by atoms with E-state index in [1.807, 2.05) is 19.1 Å². The van der Waals surface area contributed by atoms with Gasteiger partial charge in [-0.05, 0) is 43.1 Å². The molecule has 0 saturated heterocycles. The number of rotatable bonds is 10. The number of carboxylic acids is 1. The molecule has 0 heterocycles. The van der Waals surface area contributed by atoms with Crippen molar-refractivity contribution in [2.45, 2.75) is 83.6 Å². The van der Waals surface area contributed by atoms with Crippen LogP contribution in [0.5, 0.6) is 0 Å². The summed E-state index contributed by atoms with van der Waals surface area (Å²) >= 11 is 0. The van der Waals surface area contributed by atoms with E-state index in [1.54, 1.807) is 13.0 Å². The molecule has 2 aliphatic rings. The van der Waals surface area contributed by atoms with E-state index in [0.29, 0.717) is 12.8 Å². The molecule has 0 radical (unpaired) electrons. The summed E-state index contributed by atoms with van der Waals surface area (Å²) in [6.07, 6.45) is 2.69. The number of esters is 1. The summed E-state index contributed by atoms with van der Waals surface area (Å²) in [6.45, 7) is 1.15. The summed E-state index contributed by atoms with van der Waals surface area (Å²) in [4.78, 5) is 23.4. The van der Waals surface area contributed by atoms with Crippen molar-refractivity contribution < 1.29 is 38.9 Å². The van der Waals surface area contributed by atoms with Gasteiger partial charge in [0.1, 0.15) is 6.10 Å². The summed E-state index contributed by atoms with van der Waals surface area (Å²) < 4.78 is 28.6. The van der Waals surface area contributed by atoms with E-state index in [-0.39, 0.29) is 37.0 Å². The monoisotopic (exact) mass is 427 g/mol. The average molecular weight is 428 g/mol. The Kier molecular flexibility index (Phi) is 7.46. The third kappa shape index (κ3) is 6.65. The van der Waals surface area contributed by atoms with E-state index in [4.69, 9.17) is 14.0 Å². The second-order valence-corrected chi connectivity index (χ2v) is 8.53. The van der Waals surface area contributed by atoms with Crippen LogP contribution in [0, 0.1) is 23.7 Å². The molecule has 2 rings (SSSR count). The van der Waals surface area contributed by atoms with Crippen LogP contribution in [-0.4, -0.2) is 56.8 Å². The number of allylic oxidation sites excluding steroid dienone is 2. The lowest BCUT2D eigenvalue weighted by Gasteiger charge is -2.43. The predicted molar refractivity (Wildman–Crippen MR) is 111 cm³/mol. The minimum atomic E-state index is -2.47. The largest absolute Gasteiger partial charge is 0.481 e. The molecule has 0 spiro atoms. The van der Waals surface area contributed by atoms with Crippen LogP contribution >= 0.6 is 0 Å². The Morgan fingerprint density at radius 1 is 1.33 bits per heavy atom. The number of carbonyl (C=O) groups is 2. The maximum Gasteiger partial charge on any atom is 0.308 e. The van der Waals surface area contributed by atoms with Crippen molar-refractivity contribution >= 4 is 11.9 Å². The highest BCUT2D eigenvalue weighted by Gasteiger charge is 2.42. The number of aliphatic hydroxyl groups is 3. The van der Waals surface area contributed by atoms with E-state index in [2.05, 4.69) is 0 Å². The van der Waals surface area contributed by atoms with Gasteiger partial charge in [0.2, 0.25) is 0 Å². The Morgan fingerprint density at radius 2 is 2.07 bits per heavy atom. The number of aliphatic carboxylic acids is 1. The van der Waals surface area contributed by atoms with Crippen LogP contribution < -0.4 is 0 Å². The molecule has 0 saturated carbocycles. The normalized spacial score (nSPS) is 33.2. The molecule has 0 aromatic rings. The molecule has 7 nitrogen and oxygen atoms in total. The molecule has 170 valence electrons. The van der Waals surface area contributed by atoms with Gasteiger partial charge in [0.15, 0.2) is 0 Å². The van der Waals surface area contributed by atoms with Crippen molar-refractivity contribution in [1.82, 2.24) is 0 Å². The Balaban J connectivity index is 2.15. The van der Waals surface area contributed by atoms with Crippen molar-refractivity contribution in [2.75, 3.05) is 0 Å². The summed E-state index contributed by atoms with van der Waals surface area (Å²) in [6, 6.07) is 0. The first-order chi connectivity index (χ1) is 15.3. The zero-order valence-electron chi connectivity index (χ0n) is 20.6. The van der Waals surface area contributed by atoms with Gasteiger partial charge in [-0.2, -0.15) is 0 Å². The number of hydrogen-bond acceptors (Lipinski definition) is 6. The van der Waals surface area contributed by atoms with Crippen LogP contribution in [-0.2, 0) is 14.3 Å². The minimum absolute atomic E-state index is 0.0503. The number of fused-ring (bicyclic) bond motifs is 1. The fraction of sp³-hybridized carbons (Fsp3) is 0.739. The van der Waals surface area contributed by atoms with E-state index >= 15 is 0 Å². The van der Waals surface area contributed by atoms with Crippen LogP contribution in [0.25, 0.3) is 0 Å². The van der Waals surface area contributed by atoms with Gasteiger partial charge in [0.05, 0.1) is 30.7 Å². The van der Waals surface area contributed by atoms with Gasteiger partial charge in [-0.15, -0.1) is 0 Å². The van der Waals surface area contributed by atoms with Gasteiger partial charge >= 0.3 is 11.9 Å². The molecule has 2 aliphatic carbocycles. The Hall–Kier alpha value is -1.70. The summed E-state index contributed by atoms with van der Waals surface area (Å²) in [7, 11) is 0. The van der Waals surface area contributed by atoms with Gasteiger partial charge in [-0.3, -0.25) is 9.59 Å². The lowest BCUT2D eigenvalue weighted by Crippen LogP contribution is -2.43. The fourth-order valence-electron chi connectivity index (χ4n) is 4.49. The average Bonchev–Trinajstić information content (AvgIpc) is 2.65. The molecule has 0 bridgehead atoms. The predicted octanol–water partition coefficient (Wildman–Crippen LogP) is 2.44. The quantitative estimate of drug-likeness (QED) is 0.395. The van der Waals surface area contributed by atoms with Gasteiger partial charge in [0.25, 0.3) is 0 Å². The van der Waals surface area contributed by atoms with E-state index in [9.17, 15) is 24.9 Å². The van der Waals surface area contributed by atoms with Crippen LogP contribution in [0.1, 0.15) is 63.3 Å². The standard InChI is InChI=1S/C23H36O7/c1-4-13(2)23(29)30-20-11-17(25)9-15-6-5-14(3)19(22(15)20)8-7-16(24)10-18(26)12-21(27)28/h5-6,9,13-14,16-20,22,24-26H,4,7-8,10-12H2,1-3H3,(H,27,28)/t13-,14+,16-,17-,18-,19+,20+,22+/m1/s1/i2D3. The number of carbonyl (C=O) groups excluding carboxylic acids is 1. The number of carboxylic acid groups (broad SMARTS) is 1. The molecule has 0 amide bonds. The van der Waals surface area contributed by atoms with E-state index < -0.39 is 55.5 Å². The number of hydrogen-bond donors (Lipinski definition) is 4. The van der Waals surface area contributed by atoms with Crippen molar-refractivity contribution in [1.29, 1.82) is 0 Å². The van der Waals surface area contributed by atoms with Crippen molar-refractivity contribution in [3.8, 4) is 0 Å². The maximum atomic E-state index is 12.7. The molecule has 0 unspecified atom stereocenters. The number of aliphatic hydroxyl groups excluding tert-OH is 3. The smallest absolute Gasteiger partial charge is 0.308 e. The molecule has 0 aromatic carbocycles. The first-order valence-corrected chi connectivity index (χ1v) is 10.7. The third-order valence-electron chi connectivity index (χ3n) is 6.12. The zero-order chi connectivity index (χ0) is 24.9. The van der Waals surface area contributed by atoms with Crippen LogP contribution in [0.15, 0.2) is 23.8 Å². The van der Waals surface area contributed by atoms with Gasteiger partial charge < -0.3 is 25.2 Å². The van der Waals surface area contributed by atoms with Crippen LogP contribution in [0.2, 0.25) is 0 Å². The topological polar surface area (TPSA) is 124 Å². The Bertz CT molecular complexity index is 749. The zero-order valence-corrected chi connectivity index (χ0v) is 17.6. The highest BCUT2D eigenvalue weighted by atomic mass is 16.5. The molecule has 0 fully saturated rings. The highest BCUT2D eigenvalue weighted by molar-refractivity contribution is 5.72. The van der Waals surface area contributed by atoms with Crippen molar-refractivity contribution in [2.24, 2.45) is 23.7 Å². The minimum Gasteiger partial charge on any atom is -0.481 e. The molecule has 0 aliphatic heterocycles. The SMILES string of the molecule is [2H]C([2H])([2H])[C@H](CC)C(=O)O[C@H]1C[C@H](O)C=C2C=C[C@H](C)[C@H](CC[C@@H](O)C[C@@H](O)CC(=O)O)[C@H]21. The van der Waals surface area contributed by atoms with Gasteiger partial charge in [-0.1, -0.05) is 38.9 Å². The van der Waals surface area contributed by atoms with Crippen LogP contribution in [0.4, 0.5) is 0 Å². The molecule has 30 heavy (non-hydrogen) atoms. The highest BCUT2D eigenvalue weighted by Crippen LogP contribution is 2.44. The fourth-order valence-corrected chi connectivity index (χ4v) is 4.49. The summed E-state index contributed by atoms with van der Waals surface area (Å²) in [5.74, 6) is -3.41.